The van der Waals surface area contributed by atoms with E-state index in [4.69, 9.17) is 4.98 Å². The molecule has 0 radical (unpaired) electrons. The molecule has 0 aliphatic carbocycles. The molecule has 0 aliphatic rings. The van der Waals surface area contributed by atoms with Gasteiger partial charge in [-0.2, -0.15) is 0 Å². The number of hydrogen-bond acceptors (Lipinski definition) is 3. The van der Waals surface area contributed by atoms with Gasteiger partial charge in [-0.25, -0.2) is 4.98 Å². The summed E-state index contributed by atoms with van der Waals surface area (Å²) < 4.78 is 0.938. The van der Waals surface area contributed by atoms with E-state index in [0.717, 1.165) is 31.3 Å². The third-order valence-electron chi connectivity index (χ3n) is 4.03. The Kier molecular flexibility index (Phi) is 5.14. The summed E-state index contributed by atoms with van der Waals surface area (Å²) in [6.45, 7) is 0. The number of carbonyl (C=O) groups is 1. The van der Waals surface area contributed by atoms with Crippen LogP contribution < -0.4 is 5.32 Å². The maximum Gasteiger partial charge on any atom is 0.256 e. The molecule has 27 heavy (non-hydrogen) atoms. The smallest absolute Gasteiger partial charge is 0.256 e. The van der Waals surface area contributed by atoms with Crippen molar-refractivity contribution < 1.29 is 4.79 Å². The number of nitrogens with zero attached hydrogens (tertiary/aromatic N) is 1. The Labute approximate surface area is 169 Å². The monoisotopic (exact) mass is 434 g/mol. The van der Waals surface area contributed by atoms with E-state index in [1.54, 1.807) is 12.1 Å². The highest BCUT2D eigenvalue weighted by Gasteiger charge is 2.17. The lowest BCUT2D eigenvalue weighted by Gasteiger charge is -2.05. The molecule has 4 rings (SSSR count). The molecule has 0 saturated heterocycles. The molecule has 5 heteroatoms. The van der Waals surface area contributed by atoms with Crippen molar-refractivity contribution in [1.29, 1.82) is 0 Å². The van der Waals surface area contributed by atoms with Crippen LogP contribution in [0.15, 0.2) is 89.4 Å². The molecule has 1 N–H and O–H groups in total. The van der Waals surface area contributed by atoms with Crippen LogP contribution in [-0.4, -0.2) is 10.9 Å². The first-order valence-corrected chi connectivity index (χ1v) is 10.0. The van der Waals surface area contributed by atoms with Crippen LogP contribution in [0.4, 0.5) is 5.00 Å². The fraction of sp³-hybridized carbons (Fsp3) is 0. The van der Waals surface area contributed by atoms with Gasteiger partial charge >= 0.3 is 0 Å². The summed E-state index contributed by atoms with van der Waals surface area (Å²) in [7, 11) is 0. The zero-order chi connectivity index (χ0) is 18.6. The first-order valence-electron chi connectivity index (χ1n) is 8.39. The Bertz CT molecular complexity index is 1060. The Balaban J connectivity index is 1.73. The SMILES string of the molecule is O=C(Nc1sc(-c2ccccc2)nc1-c1ccccc1)c1ccc(Br)cc1. The highest BCUT2D eigenvalue weighted by Crippen LogP contribution is 2.38. The van der Waals surface area contributed by atoms with Crippen LogP contribution in [-0.2, 0) is 0 Å². The van der Waals surface area contributed by atoms with Gasteiger partial charge in [-0.1, -0.05) is 87.9 Å². The summed E-state index contributed by atoms with van der Waals surface area (Å²) in [5.74, 6) is -0.150. The van der Waals surface area contributed by atoms with Crippen molar-refractivity contribution >= 4 is 38.2 Å². The summed E-state index contributed by atoms with van der Waals surface area (Å²) in [6, 6.07) is 27.2. The Hall–Kier alpha value is -2.76. The van der Waals surface area contributed by atoms with E-state index < -0.39 is 0 Å². The minimum atomic E-state index is -0.150. The van der Waals surface area contributed by atoms with E-state index in [-0.39, 0.29) is 5.91 Å². The number of nitrogens with one attached hydrogen (secondary N) is 1. The van der Waals surface area contributed by atoms with Crippen molar-refractivity contribution in [3.05, 3.63) is 95.0 Å². The van der Waals surface area contributed by atoms with E-state index in [2.05, 4.69) is 21.2 Å². The van der Waals surface area contributed by atoms with Gasteiger partial charge in [0.05, 0.1) is 0 Å². The summed E-state index contributed by atoms with van der Waals surface area (Å²) in [6.07, 6.45) is 0. The van der Waals surface area contributed by atoms with E-state index >= 15 is 0 Å². The van der Waals surface area contributed by atoms with E-state index in [9.17, 15) is 4.79 Å². The topological polar surface area (TPSA) is 42.0 Å². The molecule has 0 spiro atoms. The molecule has 0 bridgehead atoms. The number of benzene rings is 3. The van der Waals surface area contributed by atoms with Crippen molar-refractivity contribution in [2.75, 3.05) is 5.32 Å². The molecule has 0 saturated carbocycles. The molecule has 1 amide bonds. The molecule has 0 unspecified atom stereocenters. The Morgan fingerprint density at radius 2 is 1.41 bits per heavy atom. The number of amides is 1. The highest BCUT2D eigenvalue weighted by atomic mass is 79.9. The van der Waals surface area contributed by atoms with Crippen LogP contribution in [0.3, 0.4) is 0 Å². The van der Waals surface area contributed by atoms with Crippen LogP contribution in [0.2, 0.25) is 0 Å². The zero-order valence-corrected chi connectivity index (χ0v) is 16.6. The third kappa shape index (κ3) is 3.99. The molecule has 1 heterocycles. The summed E-state index contributed by atoms with van der Waals surface area (Å²) in [5.41, 5.74) is 3.39. The second-order valence-corrected chi connectivity index (χ2v) is 7.80. The van der Waals surface area contributed by atoms with Crippen molar-refractivity contribution in [1.82, 2.24) is 4.98 Å². The van der Waals surface area contributed by atoms with Crippen LogP contribution in [0.1, 0.15) is 10.4 Å². The number of aromatic nitrogens is 1. The van der Waals surface area contributed by atoms with Crippen molar-refractivity contribution in [2.24, 2.45) is 0 Å². The molecule has 4 aromatic rings. The quantitative estimate of drug-likeness (QED) is 0.398. The van der Waals surface area contributed by atoms with Gasteiger partial charge in [0.2, 0.25) is 0 Å². The number of carbonyl (C=O) groups excluding carboxylic acids is 1. The standard InChI is InChI=1S/C22H15BrN2OS/c23-18-13-11-16(12-14-18)20(26)25-22-19(15-7-3-1-4-8-15)24-21(27-22)17-9-5-2-6-10-17/h1-14H,(H,25,26). The van der Waals surface area contributed by atoms with Gasteiger partial charge in [0.15, 0.2) is 0 Å². The largest absolute Gasteiger partial charge is 0.312 e. The first-order chi connectivity index (χ1) is 13.2. The number of thiazole rings is 1. The van der Waals surface area contributed by atoms with E-state index in [1.807, 2.05) is 72.8 Å². The predicted octanol–water partition coefficient (Wildman–Crippen LogP) is 6.49. The molecule has 3 nitrogen and oxygen atoms in total. The fourth-order valence-electron chi connectivity index (χ4n) is 2.68. The first kappa shape index (κ1) is 17.6. The zero-order valence-electron chi connectivity index (χ0n) is 14.2. The lowest BCUT2D eigenvalue weighted by atomic mass is 10.1. The van der Waals surface area contributed by atoms with Crippen LogP contribution in [0, 0.1) is 0 Å². The van der Waals surface area contributed by atoms with Crippen LogP contribution >= 0.6 is 27.3 Å². The second kappa shape index (κ2) is 7.86. The minimum absolute atomic E-state index is 0.150. The van der Waals surface area contributed by atoms with Gasteiger partial charge in [0.25, 0.3) is 5.91 Å². The maximum absolute atomic E-state index is 12.7. The van der Waals surface area contributed by atoms with Gasteiger partial charge in [-0.15, -0.1) is 0 Å². The van der Waals surface area contributed by atoms with Gasteiger partial charge in [0.1, 0.15) is 15.7 Å². The van der Waals surface area contributed by atoms with Gasteiger partial charge in [-0.3, -0.25) is 4.79 Å². The second-order valence-electron chi connectivity index (χ2n) is 5.89. The van der Waals surface area contributed by atoms with Crippen LogP contribution in [0.5, 0.6) is 0 Å². The number of halogens is 1. The Morgan fingerprint density at radius 1 is 0.815 bits per heavy atom. The van der Waals surface area contributed by atoms with E-state index in [0.29, 0.717) is 5.56 Å². The lowest BCUT2D eigenvalue weighted by Crippen LogP contribution is -2.11. The fourth-order valence-corrected chi connectivity index (χ4v) is 3.93. The van der Waals surface area contributed by atoms with Crippen molar-refractivity contribution in [2.45, 2.75) is 0 Å². The molecule has 132 valence electrons. The van der Waals surface area contributed by atoms with Crippen molar-refractivity contribution in [3.63, 3.8) is 0 Å². The van der Waals surface area contributed by atoms with Crippen molar-refractivity contribution in [3.8, 4) is 21.8 Å². The lowest BCUT2D eigenvalue weighted by molar-refractivity contribution is 0.102. The van der Waals surface area contributed by atoms with Gasteiger partial charge in [0, 0.05) is 21.2 Å². The minimum Gasteiger partial charge on any atom is -0.312 e. The summed E-state index contributed by atoms with van der Waals surface area (Å²) >= 11 is 4.87. The molecular weight excluding hydrogens is 420 g/mol. The average Bonchev–Trinajstić information content (AvgIpc) is 3.13. The number of anilines is 1. The van der Waals surface area contributed by atoms with E-state index in [1.165, 1.54) is 11.3 Å². The maximum atomic E-state index is 12.7. The number of hydrogen-bond donors (Lipinski definition) is 1. The molecule has 0 fully saturated rings. The van der Waals surface area contributed by atoms with Gasteiger partial charge < -0.3 is 5.32 Å². The average molecular weight is 435 g/mol. The van der Waals surface area contributed by atoms with Crippen LogP contribution in [0.25, 0.3) is 21.8 Å². The normalized spacial score (nSPS) is 10.6. The highest BCUT2D eigenvalue weighted by molar-refractivity contribution is 9.10. The van der Waals surface area contributed by atoms with Gasteiger partial charge in [-0.05, 0) is 24.3 Å². The third-order valence-corrected chi connectivity index (χ3v) is 5.58. The predicted molar refractivity (Wildman–Crippen MR) is 115 cm³/mol. The Morgan fingerprint density at radius 3 is 2.04 bits per heavy atom. The molecule has 0 atom stereocenters. The summed E-state index contributed by atoms with van der Waals surface area (Å²) in [4.78, 5) is 17.5. The molecule has 3 aromatic carbocycles. The molecular formula is C22H15BrN2OS. The molecule has 0 aliphatic heterocycles. The summed E-state index contributed by atoms with van der Waals surface area (Å²) in [5, 5.41) is 4.66. The number of rotatable bonds is 4. The molecule has 1 aromatic heterocycles.